The third kappa shape index (κ3) is 19.6. The summed E-state index contributed by atoms with van der Waals surface area (Å²) in [4.78, 5) is 67.0. The van der Waals surface area contributed by atoms with Crippen LogP contribution in [0.3, 0.4) is 0 Å². The normalized spacial score (nSPS) is 13.0. The maximum absolute atomic E-state index is 12.7. The number of aliphatic hydroxyl groups excluding tert-OH is 4. The van der Waals surface area contributed by atoms with Crippen molar-refractivity contribution in [3.8, 4) is 47.4 Å². The molecule has 0 radical (unpaired) electrons. The number of aldehydes is 1. The second kappa shape index (κ2) is 27.9. The number of ketones is 2. The average Bonchev–Trinajstić information content (AvgIpc) is 4.02. The molecule has 2 aliphatic rings. The van der Waals surface area contributed by atoms with Crippen molar-refractivity contribution in [2.45, 2.75) is 76.5 Å². The van der Waals surface area contributed by atoms with Crippen LogP contribution in [0.1, 0.15) is 85.2 Å². The zero-order valence-corrected chi connectivity index (χ0v) is 35.8. The van der Waals surface area contributed by atoms with Gasteiger partial charge < -0.3 is 42.1 Å². The third-order valence-corrected chi connectivity index (χ3v) is 8.69. The molecule has 15 heteroatoms. The standard InChI is InChI=1S/C24H27N3O4.C19H22N2O4.C5H5NO/c1-24(2,26-16-20-9-7-14-25-20)22(21(30)17-29)27-23(31)19-12-10-18(11-13-19)8-5-3-4-6-15-28;1-19(2,20)17(16(24)13-23)21-18(25)15-10-8-14(9-11-15)7-5-3-4-6-12-22;7-4-5-2-1-3-6-5/h9-14,22,26,28-29H,6-7,15-17H2,1-2H3,(H,27,31);8-11,17,22-23H,6,12-13,20H2,1-2H3,(H,21,25);2-4H,1H2/t22-;17-;/m11./s1. The Morgan fingerprint density at radius 1 is 0.698 bits per heavy atom. The van der Waals surface area contributed by atoms with Gasteiger partial charge in [-0.15, -0.1) is 0 Å². The molecular formula is C48H54N6O9. The molecule has 9 N–H and O–H groups in total. The van der Waals surface area contributed by atoms with Crippen LogP contribution in [-0.4, -0.2) is 119 Å². The van der Waals surface area contributed by atoms with Crippen LogP contribution in [0.2, 0.25) is 0 Å². The van der Waals surface area contributed by atoms with Crippen molar-refractivity contribution in [2.75, 3.05) is 33.0 Å². The molecule has 63 heavy (non-hydrogen) atoms. The molecule has 0 fully saturated rings. The Balaban J connectivity index is 0.000000380. The molecule has 0 unspecified atom stereocenters. The van der Waals surface area contributed by atoms with Crippen LogP contribution < -0.4 is 21.7 Å². The number of Topliss-reactive ketones (excluding diaryl/α,β-unsaturated/α-hetero) is 2. The number of rotatable bonds is 16. The van der Waals surface area contributed by atoms with Crippen LogP contribution in [-0.2, 0) is 14.4 Å². The Morgan fingerprint density at radius 3 is 1.54 bits per heavy atom. The van der Waals surface area contributed by atoms with E-state index < -0.39 is 59.8 Å². The number of aliphatic hydroxyl groups is 4. The van der Waals surface area contributed by atoms with E-state index in [-0.39, 0.29) is 13.2 Å². The van der Waals surface area contributed by atoms with Crippen molar-refractivity contribution >= 4 is 42.1 Å². The van der Waals surface area contributed by atoms with Crippen molar-refractivity contribution in [3.05, 3.63) is 94.3 Å². The van der Waals surface area contributed by atoms with Crippen LogP contribution in [0.25, 0.3) is 0 Å². The van der Waals surface area contributed by atoms with Gasteiger partial charge in [0.1, 0.15) is 25.3 Å². The van der Waals surface area contributed by atoms with Crippen LogP contribution in [0.15, 0.2) is 82.1 Å². The lowest BCUT2D eigenvalue weighted by Gasteiger charge is -2.34. The number of carbonyl (C=O) groups is 5. The molecule has 2 heterocycles. The zero-order valence-electron chi connectivity index (χ0n) is 35.8. The number of benzene rings is 2. The maximum atomic E-state index is 12.7. The van der Waals surface area contributed by atoms with Gasteiger partial charge in [0.2, 0.25) is 0 Å². The summed E-state index contributed by atoms with van der Waals surface area (Å²) in [6.07, 6.45) is 10.4. The summed E-state index contributed by atoms with van der Waals surface area (Å²) in [6, 6.07) is 11.1. The molecule has 0 spiro atoms. The highest BCUT2D eigenvalue weighted by atomic mass is 16.3. The van der Waals surface area contributed by atoms with Gasteiger partial charge in [0.05, 0.1) is 24.6 Å². The molecule has 0 aromatic heterocycles. The molecule has 2 amide bonds. The molecule has 2 atom stereocenters. The highest BCUT2D eigenvalue weighted by molar-refractivity contribution is 5.99. The van der Waals surface area contributed by atoms with Crippen LogP contribution in [0.5, 0.6) is 0 Å². The molecule has 0 saturated carbocycles. The summed E-state index contributed by atoms with van der Waals surface area (Å²) in [7, 11) is 0. The maximum Gasteiger partial charge on any atom is 0.251 e. The van der Waals surface area contributed by atoms with Crippen molar-refractivity contribution in [1.82, 2.24) is 16.0 Å². The number of amides is 2. The van der Waals surface area contributed by atoms with Gasteiger partial charge in [-0.1, -0.05) is 35.8 Å². The predicted octanol–water partition coefficient (Wildman–Crippen LogP) is 1.18. The fourth-order valence-electron chi connectivity index (χ4n) is 5.31. The van der Waals surface area contributed by atoms with E-state index in [0.717, 1.165) is 24.8 Å². The topological polar surface area (TPSA) is 253 Å². The first-order valence-electron chi connectivity index (χ1n) is 19.8. The minimum absolute atomic E-state index is 0.00211. The largest absolute Gasteiger partial charge is 0.395 e. The summed E-state index contributed by atoms with van der Waals surface area (Å²) >= 11 is 0. The van der Waals surface area contributed by atoms with Crippen molar-refractivity contribution in [3.63, 3.8) is 0 Å². The van der Waals surface area contributed by atoms with E-state index in [1.165, 1.54) is 0 Å². The first kappa shape index (κ1) is 52.3. The molecule has 2 aromatic carbocycles. The minimum atomic E-state index is -1.01. The third-order valence-electron chi connectivity index (χ3n) is 8.69. The first-order chi connectivity index (χ1) is 30.1. The summed E-state index contributed by atoms with van der Waals surface area (Å²) in [5, 5.41) is 44.2. The number of nitrogens with two attached hydrogens (primary N) is 1. The lowest BCUT2D eigenvalue weighted by atomic mass is 9.90. The van der Waals surface area contributed by atoms with Crippen molar-refractivity contribution in [1.29, 1.82) is 0 Å². The summed E-state index contributed by atoms with van der Waals surface area (Å²) in [5.41, 5.74) is 7.58. The Morgan fingerprint density at radius 2 is 1.16 bits per heavy atom. The fourth-order valence-corrected chi connectivity index (χ4v) is 5.31. The quantitative estimate of drug-likeness (QED) is 0.0879. The number of nitrogens with zero attached hydrogens (tertiary/aromatic N) is 2. The molecule has 15 nitrogen and oxygen atoms in total. The van der Waals surface area contributed by atoms with Gasteiger partial charge in [-0.05, 0) is 99.9 Å². The van der Waals surface area contributed by atoms with Gasteiger partial charge in [-0.25, -0.2) is 0 Å². The number of aliphatic imine (C=N–C) groups is 2. The van der Waals surface area contributed by atoms with Crippen molar-refractivity contribution in [2.24, 2.45) is 15.7 Å². The molecule has 330 valence electrons. The lowest BCUT2D eigenvalue weighted by molar-refractivity contribution is -0.125. The minimum Gasteiger partial charge on any atom is -0.395 e. The van der Waals surface area contributed by atoms with Gasteiger partial charge in [-0.2, -0.15) is 0 Å². The summed E-state index contributed by atoms with van der Waals surface area (Å²) in [6.45, 7) is 5.85. The zero-order chi connectivity index (χ0) is 46.7. The smallest absolute Gasteiger partial charge is 0.251 e. The second-order valence-electron chi connectivity index (χ2n) is 14.7. The summed E-state index contributed by atoms with van der Waals surface area (Å²) < 4.78 is 0. The van der Waals surface area contributed by atoms with Crippen molar-refractivity contribution < 1.29 is 44.4 Å². The van der Waals surface area contributed by atoms with Gasteiger partial charge in [0.25, 0.3) is 11.8 Å². The van der Waals surface area contributed by atoms with E-state index in [0.29, 0.717) is 47.3 Å². The fraction of sp³-hybridized carbons (Fsp3) is 0.354. The average molecular weight is 859 g/mol. The summed E-state index contributed by atoms with van der Waals surface area (Å²) in [5.74, 6) is 19.7. The van der Waals surface area contributed by atoms with Crippen LogP contribution >= 0.6 is 0 Å². The Hall–Kier alpha value is -6.79. The number of allylic oxidation sites excluding steroid dienone is 3. The SMILES string of the molecule is CC(C)(N)[C@H](NC(=O)c1ccc(C#CC#CCCO)cc1)C(=O)CO.CC(C)(NCC1=CCC=N1)[C@H](NC(=O)c1ccc(C#CC#CCCO)cc1)C(=O)CO.O=CC1=CCC=N1. The van der Waals surface area contributed by atoms with Gasteiger partial charge in [0, 0.05) is 78.0 Å². The molecule has 0 aliphatic carbocycles. The van der Waals surface area contributed by atoms with Gasteiger partial charge >= 0.3 is 0 Å². The molecular weight excluding hydrogens is 805 g/mol. The number of hydrogen-bond donors (Lipinski definition) is 8. The Kier molecular flexibility index (Phi) is 23.2. The number of hydrogen-bond acceptors (Lipinski definition) is 13. The van der Waals surface area contributed by atoms with E-state index in [1.54, 1.807) is 94.7 Å². The number of nitrogens with one attached hydrogen (secondary N) is 3. The molecule has 0 bridgehead atoms. The van der Waals surface area contributed by atoms with Gasteiger partial charge in [-0.3, -0.25) is 34.0 Å². The first-order valence-corrected chi connectivity index (χ1v) is 19.8. The molecule has 0 saturated heterocycles. The predicted molar refractivity (Wildman–Crippen MR) is 241 cm³/mol. The van der Waals surface area contributed by atoms with E-state index in [2.05, 4.69) is 73.3 Å². The Bertz CT molecular complexity index is 2280. The Labute approximate surface area is 368 Å². The molecule has 4 rings (SSSR count). The monoisotopic (exact) mass is 858 g/mol. The number of carbonyl (C=O) groups excluding carboxylic acids is 5. The van der Waals surface area contributed by atoms with E-state index >= 15 is 0 Å². The lowest BCUT2D eigenvalue weighted by Crippen LogP contribution is -2.61. The van der Waals surface area contributed by atoms with Crippen LogP contribution in [0.4, 0.5) is 0 Å². The highest BCUT2D eigenvalue weighted by Gasteiger charge is 2.36. The molecule has 2 aliphatic heterocycles. The van der Waals surface area contributed by atoms with Crippen LogP contribution in [0, 0.1) is 47.4 Å². The van der Waals surface area contributed by atoms with E-state index in [9.17, 15) is 29.1 Å². The highest BCUT2D eigenvalue weighted by Crippen LogP contribution is 2.15. The molecule has 2 aromatic rings. The van der Waals surface area contributed by atoms with E-state index in [1.807, 2.05) is 6.08 Å². The van der Waals surface area contributed by atoms with Gasteiger partial charge in [0.15, 0.2) is 17.9 Å². The van der Waals surface area contributed by atoms with E-state index in [4.69, 9.17) is 21.1 Å². The second-order valence-corrected chi connectivity index (χ2v) is 14.7.